The summed E-state index contributed by atoms with van der Waals surface area (Å²) in [5.41, 5.74) is 0. The predicted molar refractivity (Wildman–Crippen MR) is 76.2 cm³/mol. The molecule has 0 aliphatic carbocycles. The van der Waals surface area contributed by atoms with Crippen molar-refractivity contribution in [3.8, 4) is 17.2 Å². The monoisotopic (exact) mass is 254 g/mol. The quantitative estimate of drug-likeness (QED) is 0.708. The fourth-order valence-corrected chi connectivity index (χ4v) is 2.38. The van der Waals surface area contributed by atoms with E-state index in [1.165, 1.54) is 7.11 Å². The van der Waals surface area contributed by atoms with Crippen LogP contribution in [0.5, 0.6) is 17.2 Å². The van der Waals surface area contributed by atoms with E-state index >= 15 is 0 Å². The second-order valence-electron chi connectivity index (χ2n) is 4.38. The zero-order valence-electron chi connectivity index (χ0n) is 10.8. The summed E-state index contributed by atoms with van der Waals surface area (Å²) >= 11 is 0. The van der Waals surface area contributed by atoms with Gasteiger partial charge in [0.15, 0.2) is 11.5 Å². The summed E-state index contributed by atoms with van der Waals surface area (Å²) < 4.78 is 10.5. The largest absolute Gasteiger partial charge is 0.504 e. The van der Waals surface area contributed by atoms with Crippen molar-refractivity contribution < 1.29 is 14.6 Å². The van der Waals surface area contributed by atoms with Crippen LogP contribution in [-0.4, -0.2) is 19.3 Å². The fourth-order valence-electron chi connectivity index (χ4n) is 2.38. The normalized spacial score (nSPS) is 10.8. The molecule has 96 valence electrons. The number of ether oxygens (including phenoxy) is 2. The number of phenols is 1. The van der Waals surface area contributed by atoms with Gasteiger partial charge >= 0.3 is 0 Å². The van der Waals surface area contributed by atoms with Crippen LogP contribution in [0.3, 0.4) is 0 Å². The summed E-state index contributed by atoms with van der Waals surface area (Å²) in [7, 11) is 3.08. The first-order chi connectivity index (χ1) is 9.24. The SMILES string of the molecule is COc1cc2cc3ccccc3cc2c(O)c1OC. The molecule has 0 amide bonds. The smallest absolute Gasteiger partial charge is 0.203 e. The van der Waals surface area contributed by atoms with E-state index in [9.17, 15) is 5.11 Å². The van der Waals surface area contributed by atoms with Crippen molar-refractivity contribution in [1.82, 2.24) is 0 Å². The molecule has 19 heavy (non-hydrogen) atoms. The van der Waals surface area contributed by atoms with Crippen molar-refractivity contribution in [2.45, 2.75) is 0 Å². The molecule has 3 nitrogen and oxygen atoms in total. The van der Waals surface area contributed by atoms with Gasteiger partial charge in [0.05, 0.1) is 14.2 Å². The van der Waals surface area contributed by atoms with E-state index in [0.717, 1.165) is 21.5 Å². The third kappa shape index (κ3) is 1.74. The lowest BCUT2D eigenvalue weighted by molar-refractivity contribution is 0.335. The summed E-state index contributed by atoms with van der Waals surface area (Å²) in [6.45, 7) is 0. The van der Waals surface area contributed by atoms with Crippen molar-refractivity contribution in [2.75, 3.05) is 14.2 Å². The first kappa shape index (κ1) is 11.7. The summed E-state index contributed by atoms with van der Waals surface area (Å²) in [6, 6.07) is 13.9. The van der Waals surface area contributed by atoms with Gasteiger partial charge in [-0.3, -0.25) is 0 Å². The number of hydrogen-bond donors (Lipinski definition) is 1. The minimum atomic E-state index is 0.114. The summed E-state index contributed by atoms with van der Waals surface area (Å²) in [5.74, 6) is 1.01. The van der Waals surface area contributed by atoms with Crippen LogP contribution < -0.4 is 9.47 Å². The molecule has 0 saturated carbocycles. The zero-order valence-corrected chi connectivity index (χ0v) is 10.8. The minimum Gasteiger partial charge on any atom is -0.504 e. The molecule has 0 spiro atoms. The molecule has 0 heterocycles. The van der Waals surface area contributed by atoms with Crippen LogP contribution in [0.2, 0.25) is 0 Å². The number of rotatable bonds is 2. The third-order valence-electron chi connectivity index (χ3n) is 3.32. The first-order valence-corrected chi connectivity index (χ1v) is 6.01. The number of methoxy groups -OCH3 is 2. The molecule has 3 rings (SSSR count). The Morgan fingerprint density at radius 3 is 2.16 bits per heavy atom. The van der Waals surface area contributed by atoms with E-state index in [-0.39, 0.29) is 5.75 Å². The van der Waals surface area contributed by atoms with Gasteiger partial charge in [0.1, 0.15) is 0 Å². The Morgan fingerprint density at radius 2 is 1.53 bits per heavy atom. The average Bonchev–Trinajstić information content (AvgIpc) is 2.45. The second kappa shape index (κ2) is 4.35. The molecule has 0 unspecified atom stereocenters. The highest BCUT2D eigenvalue weighted by atomic mass is 16.5. The summed E-state index contributed by atoms with van der Waals surface area (Å²) in [6.07, 6.45) is 0. The van der Waals surface area contributed by atoms with Gasteiger partial charge in [0.2, 0.25) is 5.75 Å². The summed E-state index contributed by atoms with van der Waals surface area (Å²) in [5, 5.41) is 14.2. The lowest BCUT2D eigenvalue weighted by Gasteiger charge is -2.12. The highest BCUT2D eigenvalue weighted by Gasteiger charge is 2.14. The molecule has 0 aliphatic heterocycles. The van der Waals surface area contributed by atoms with E-state index in [1.54, 1.807) is 7.11 Å². The molecule has 3 aromatic carbocycles. The van der Waals surface area contributed by atoms with Gasteiger partial charge in [-0.15, -0.1) is 0 Å². The molecule has 0 saturated heterocycles. The van der Waals surface area contributed by atoms with Gasteiger partial charge in [-0.1, -0.05) is 24.3 Å². The van der Waals surface area contributed by atoms with Crippen LogP contribution in [0, 0.1) is 0 Å². The molecule has 0 aromatic heterocycles. The van der Waals surface area contributed by atoms with Crippen LogP contribution in [-0.2, 0) is 0 Å². The minimum absolute atomic E-state index is 0.114. The molecule has 0 fully saturated rings. The lowest BCUT2D eigenvalue weighted by Crippen LogP contribution is -1.91. The van der Waals surface area contributed by atoms with E-state index in [0.29, 0.717) is 11.5 Å². The maximum absolute atomic E-state index is 10.3. The van der Waals surface area contributed by atoms with Crippen molar-refractivity contribution in [3.63, 3.8) is 0 Å². The average molecular weight is 254 g/mol. The molecule has 0 atom stereocenters. The Balaban J connectivity index is 2.44. The molecule has 3 heteroatoms. The molecule has 0 bridgehead atoms. The van der Waals surface area contributed by atoms with Gasteiger partial charge in [-0.05, 0) is 34.4 Å². The van der Waals surface area contributed by atoms with E-state index in [4.69, 9.17) is 9.47 Å². The van der Waals surface area contributed by atoms with Crippen LogP contribution in [0.4, 0.5) is 0 Å². The predicted octanol–water partition coefficient (Wildman–Crippen LogP) is 3.72. The lowest BCUT2D eigenvalue weighted by atomic mass is 10.0. The van der Waals surface area contributed by atoms with Gasteiger partial charge in [0, 0.05) is 5.39 Å². The topological polar surface area (TPSA) is 38.7 Å². The maximum atomic E-state index is 10.3. The first-order valence-electron chi connectivity index (χ1n) is 6.01. The van der Waals surface area contributed by atoms with E-state index in [1.807, 2.05) is 42.5 Å². The number of phenolic OH excluding ortho intramolecular Hbond substituents is 1. The Kier molecular flexibility index (Phi) is 2.67. The Labute approximate surface area is 111 Å². The number of hydrogen-bond acceptors (Lipinski definition) is 3. The molecule has 0 aliphatic rings. The standard InChI is InChI=1S/C16H14O3/c1-18-14-9-12-7-10-5-3-4-6-11(10)8-13(12)15(17)16(14)19-2/h3-9,17H,1-2H3. The highest BCUT2D eigenvalue weighted by Crippen LogP contribution is 2.43. The van der Waals surface area contributed by atoms with Gasteiger partial charge in [0.25, 0.3) is 0 Å². The Morgan fingerprint density at radius 1 is 0.842 bits per heavy atom. The molecular formula is C16H14O3. The van der Waals surface area contributed by atoms with Gasteiger partial charge in [-0.25, -0.2) is 0 Å². The zero-order chi connectivity index (χ0) is 13.4. The van der Waals surface area contributed by atoms with Crippen LogP contribution in [0.1, 0.15) is 0 Å². The Bertz CT molecular complexity index is 763. The van der Waals surface area contributed by atoms with Crippen molar-refractivity contribution >= 4 is 21.5 Å². The highest BCUT2D eigenvalue weighted by molar-refractivity contribution is 6.02. The van der Waals surface area contributed by atoms with Crippen LogP contribution in [0.25, 0.3) is 21.5 Å². The van der Waals surface area contributed by atoms with E-state index < -0.39 is 0 Å². The third-order valence-corrected chi connectivity index (χ3v) is 3.32. The van der Waals surface area contributed by atoms with Crippen LogP contribution in [0.15, 0.2) is 42.5 Å². The van der Waals surface area contributed by atoms with E-state index in [2.05, 4.69) is 0 Å². The Hall–Kier alpha value is -2.42. The molecule has 0 radical (unpaired) electrons. The second-order valence-corrected chi connectivity index (χ2v) is 4.38. The molecule has 3 aromatic rings. The molecule has 1 N–H and O–H groups in total. The number of fused-ring (bicyclic) bond motifs is 2. The van der Waals surface area contributed by atoms with Crippen molar-refractivity contribution in [3.05, 3.63) is 42.5 Å². The molecular weight excluding hydrogens is 240 g/mol. The van der Waals surface area contributed by atoms with Gasteiger partial charge in [-0.2, -0.15) is 0 Å². The fraction of sp³-hybridized carbons (Fsp3) is 0.125. The van der Waals surface area contributed by atoms with Crippen LogP contribution >= 0.6 is 0 Å². The number of aromatic hydroxyl groups is 1. The maximum Gasteiger partial charge on any atom is 0.203 e. The van der Waals surface area contributed by atoms with Crippen molar-refractivity contribution in [2.24, 2.45) is 0 Å². The van der Waals surface area contributed by atoms with Gasteiger partial charge < -0.3 is 14.6 Å². The summed E-state index contributed by atoms with van der Waals surface area (Å²) in [4.78, 5) is 0. The van der Waals surface area contributed by atoms with Crippen molar-refractivity contribution in [1.29, 1.82) is 0 Å². The number of benzene rings is 3.